The third-order valence-corrected chi connectivity index (χ3v) is 10.9. The summed E-state index contributed by atoms with van der Waals surface area (Å²) in [6, 6.07) is 20.1. The number of pyridine rings is 1. The van der Waals surface area contributed by atoms with Crippen LogP contribution >= 0.6 is 0 Å². The van der Waals surface area contributed by atoms with Gasteiger partial charge in [0.05, 0.1) is 36.8 Å². The standard InChI is InChI=1S/C40H45N3O5/c1-25-18-28(19-26(2)38(25)45)20-29(34-10-6-7-15-41-34)11-12-35-36-30(23-44)21-32-37(33(36)24-48-35)40(47)43(39(32)46)31-13-16-42(17-14-31)22-27-8-4-3-5-9-27/h3-10,15,18-20,31-33,35,37,44-45H,11-14,16-17,21-24H2,1-2H3/b29-20-/t32-,33+,35-,37-/m1/s1. The molecule has 0 radical (unpaired) electrons. The molecule has 2 amide bonds. The van der Waals surface area contributed by atoms with Crippen molar-refractivity contribution in [3.8, 4) is 5.75 Å². The first-order valence-corrected chi connectivity index (χ1v) is 17.3. The van der Waals surface area contributed by atoms with Gasteiger partial charge in [-0.1, -0.05) is 36.4 Å². The van der Waals surface area contributed by atoms with Crippen LogP contribution in [0.25, 0.3) is 11.6 Å². The lowest BCUT2D eigenvalue weighted by atomic mass is 9.69. The molecule has 0 unspecified atom stereocenters. The number of aliphatic hydroxyl groups excluding tert-OH is 1. The van der Waals surface area contributed by atoms with E-state index in [1.807, 2.05) is 50.2 Å². The maximum Gasteiger partial charge on any atom is 0.234 e. The number of aliphatic hydroxyl groups is 1. The van der Waals surface area contributed by atoms with Gasteiger partial charge in [-0.15, -0.1) is 0 Å². The van der Waals surface area contributed by atoms with Gasteiger partial charge in [0.15, 0.2) is 0 Å². The Morgan fingerprint density at radius 3 is 2.40 bits per heavy atom. The number of phenolic OH excluding ortho intramolecular Hbond substituents is 1. The van der Waals surface area contributed by atoms with Crippen molar-refractivity contribution in [2.75, 3.05) is 26.3 Å². The molecule has 0 bridgehead atoms. The summed E-state index contributed by atoms with van der Waals surface area (Å²) in [6.45, 7) is 6.62. The number of aryl methyl sites for hydroxylation is 2. The van der Waals surface area contributed by atoms with Crippen LogP contribution in [0.1, 0.15) is 60.1 Å². The molecule has 2 N–H and O–H groups in total. The normalized spacial score (nSPS) is 25.1. The highest BCUT2D eigenvalue weighted by Crippen LogP contribution is 2.50. The lowest BCUT2D eigenvalue weighted by Gasteiger charge is -2.36. The first-order valence-electron chi connectivity index (χ1n) is 17.3. The number of nitrogens with zero attached hydrogens (tertiary/aromatic N) is 3. The molecule has 4 atom stereocenters. The molecule has 3 aliphatic heterocycles. The molecule has 3 fully saturated rings. The van der Waals surface area contributed by atoms with E-state index >= 15 is 0 Å². The number of carbonyl (C=O) groups excluding carboxylic acids is 2. The Kier molecular flexibility index (Phi) is 9.32. The number of allylic oxidation sites excluding steroid dienone is 1. The van der Waals surface area contributed by atoms with Crippen LogP contribution in [0.15, 0.2) is 78.0 Å². The van der Waals surface area contributed by atoms with Gasteiger partial charge in [0.25, 0.3) is 0 Å². The fraction of sp³-hybridized carbons (Fsp3) is 0.425. The number of likely N-dealkylation sites (tertiary alicyclic amines) is 2. The van der Waals surface area contributed by atoms with E-state index in [1.54, 1.807) is 11.1 Å². The molecule has 3 saturated heterocycles. The van der Waals surface area contributed by atoms with Crippen molar-refractivity contribution in [3.05, 3.63) is 106 Å². The van der Waals surface area contributed by atoms with Crippen LogP contribution in [0.5, 0.6) is 5.75 Å². The van der Waals surface area contributed by atoms with E-state index < -0.39 is 11.8 Å². The third-order valence-electron chi connectivity index (χ3n) is 10.9. The first-order chi connectivity index (χ1) is 23.3. The summed E-state index contributed by atoms with van der Waals surface area (Å²) in [5, 5.41) is 20.9. The highest BCUT2D eigenvalue weighted by molar-refractivity contribution is 6.06. The van der Waals surface area contributed by atoms with E-state index in [0.29, 0.717) is 31.6 Å². The van der Waals surface area contributed by atoms with E-state index in [2.05, 4.69) is 40.2 Å². The number of benzene rings is 2. The number of rotatable bonds is 9. The minimum absolute atomic E-state index is 0.0533. The van der Waals surface area contributed by atoms with Crippen LogP contribution < -0.4 is 0 Å². The molecule has 4 heterocycles. The van der Waals surface area contributed by atoms with Crippen molar-refractivity contribution in [1.29, 1.82) is 0 Å². The number of piperidine rings is 1. The van der Waals surface area contributed by atoms with Gasteiger partial charge in [0.1, 0.15) is 5.75 Å². The zero-order valence-electron chi connectivity index (χ0n) is 27.8. The lowest BCUT2D eigenvalue weighted by Crippen LogP contribution is -2.47. The molecule has 2 aromatic carbocycles. The highest BCUT2D eigenvalue weighted by atomic mass is 16.5. The number of carbonyl (C=O) groups is 2. The lowest BCUT2D eigenvalue weighted by molar-refractivity contribution is -0.144. The number of aromatic nitrogens is 1. The topological polar surface area (TPSA) is 103 Å². The van der Waals surface area contributed by atoms with Crippen LogP contribution in [0.4, 0.5) is 0 Å². The van der Waals surface area contributed by atoms with Gasteiger partial charge in [0.2, 0.25) is 11.8 Å². The van der Waals surface area contributed by atoms with Gasteiger partial charge in [-0.3, -0.25) is 24.4 Å². The van der Waals surface area contributed by atoms with Crippen LogP contribution in [-0.2, 0) is 20.9 Å². The van der Waals surface area contributed by atoms with E-state index in [1.165, 1.54) is 5.56 Å². The summed E-state index contributed by atoms with van der Waals surface area (Å²) >= 11 is 0. The largest absolute Gasteiger partial charge is 0.507 e. The van der Waals surface area contributed by atoms with Gasteiger partial charge < -0.3 is 14.9 Å². The monoisotopic (exact) mass is 647 g/mol. The number of ether oxygens (including phenoxy) is 1. The second-order valence-electron chi connectivity index (χ2n) is 13.9. The molecule has 250 valence electrons. The van der Waals surface area contributed by atoms with Gasteiger partial charge in [-0.05, 0) is 115 Å². The number of imide groups is 1. The summed E-state index contributed by atoms with van der Waals surface area (Å²) in [7, 11) is 0. The summed E-state index contributed by atoms with van der Waals surface area (Å²) < 4.78 is 6.43. The molecule has 3 aromatic rings. The molecule has 1 aliphatic carbocycles. The quantitative estimate of drug-likeness (QED) is 0.227. The summed E-state index contributed by atoms with van der Waals surface area (Å²) in [4.78, 5) is 36.6. The van der Waals surface area contributed by atoms with Gasteiger partial charge in [0, 0.05) is 37.8 Å². The molecular formula is C40H45N3O5. The number of amides is 2. The fourth-order valence-corrected chi connectivity index (χ4v) is 8.57. The zero-order chi connectivity index (χ0) is 33.4. The molecule has 8 nitrogen and oxygen atoms in total. The molecule has 1 aromatic heterocycles. The Bertz CT molecular complexity index is 1700. The minimum atomic E-state index is -0.428. The summed E-state index contributed by atoms with van der Waals surface area (Å²) in [5.74, 6) is -0.864. The van der Waals surface area contributed by atoms with Crippen molar-refractivity contribution < 1.29 is 24.5 Å². The Hall–Kier alpha value is -4.11. The highest BCUT2D eigenvalue weighted by Gasteiger charge is 2.58. The number of phenols is 1. The first kappa shape index (κ1) is 32.4. The predicted molar refractivity (Wildman–Crippen MR) is 184 cm³/mol. The summed E-state index contributed by atoms with van der Waals surface area (Å²) in [6.07, 6.45) is 6.97. The molecular weight excluding hydrogens is 602 g/mol. The predicted octanol–water partition coefficient (Wildman–Crippen LogP) is 5.70. The Labute approximate surface area is 282 Å². The second-order valence-corrected chi connectivity index (χ2v) is 13.9. The van der Waals surface area contributed by atoms with Gasteiger partial charge >= 0.3 is 0 Å². The number of hydrogen-bond donors (Lipinski definition) is 2. The van der Waals surface area contributed by atoms with E-state index in [-0.39, 0.29) is 36.5 Å². The van der Waals surface area contributed by atoms with Crippen LogP contribution in [0.3, 0.4) is 0 Å². The van der Waals surface area contributed by atoms with Crippen LogP contribution in [0.2, 0.25) is 0 Å². The van der Waals surface area contributed by atoms with Crippen molar-refractivity contribution in [3.63, 3.8) is 0 Å². The average Bonchev–Trinajstić information content (AvgIpc) is 3.64. The zero-order valence-corrected chi connectivity index (χ0v) is 27.8. The third kappa shape index (κ3) is 6.25. The van der Waals surface area contributed by atoms with Crippen molar-refractivity contribution in [2.45, 2.75) is 64.6 Å². The Morgan fingerprint density at radius 2 is 1.71 bits per heavy atom. The van der Waals surface area contributed by atoms with Crippen molar-refractivity contribution in [2.24, 2.45) is 17.8 Å². The average molecular weight is 648 g/mol. The SMILES string of the molecule is Cc1cc(/C=C(/CC[C@H]2OC[C@H]3C2=C(CO)C[C@H]2C(=O)N(C4CCN(Cc5ccccc5)CC4)C(=O)[C@H]23)c2ccccn2)cc(C)c1O. The smallest absolute Gasteiger partial charge is 0.234 e. The number of hydrogen-bond acceptors (Lipinski definition) is 7. The second kappa shape index (κ2) is 13.8. The summed E-state index contributed by atoms with van der Waals surface area (Å²) in [5.41, 5.74) is 7.70. The number of aromatic hydroxyl groups is 1. The molecule has 48 heavy (non-hydrogen) atoms. The fourth-order valence-electron chi connectivity index (χ4n) is 8.57. The van der Waals surface area contributed by atoms with E-state index in [4.69, 9.17) is 4.74 Å². The number of fused-ring (bicyclic) bond motifs is 3. The van der Waals surface area contributed by atoms with Crippen molar-refractivity contribution in [1.82, 2.24) is 14.8 Å². The molecule has 4 aliphatic rings. The van der Waals surface area contributed by atoms with E-state index in [0.717, 1.165) is 71.6 Å². The Morgan fingerprint density at radius 1 is 0.979 bits per heavy atom. The van der Waals surface area contributed by atoms with Crippen LogP contribution in [0, 0.1) is 31.6 Å². The van der Waals surface area contributed by atoms with Crippen molar-refractivity contribution >= 4 is 23.5 Å². The molecule has 7 rings (SSSR count). The van der Waals surface area contributed by atoms with E-state index in [9.17, 15) is 19.8 Å². The minimum Gasteiger partial charge on any atom is -0.507 e. The molecule has 0 saturated carbocycles. The van der Waals surface area contributed by atoms with Gasteiger partial charge in [-0.25, -0.2) is 0 Å². The molecule has 0 spiro atoms. The Balaban J connectivity index is 1.07. The van der Waals surface area contributed by atoms with Crippen LogP contribution in [-0.4, -0.2) is 75.3 Å². The van der Waals surface area contributed by atoms with Gasteiger partial charge in [-0.2, -0.15) is 0 Å². The maximum absolute atomic E-state index is 14.1. The molecule has 8 heteroatoms. The maximum atomic E-state index is 14.1.